The molecular formula is C17H21N7OS. The third kappa shape index (κ3) is 3.80. The van der Waals surface area contributed by atoms with Crippen molar-refractivity contribution in [2.24, 2.45) is 7.05 Å². The standard InChI is InChI=1S/C17H21N7OS/c1-11-8-14(22-23(11)2)16(25)20-13-4-6-24(7-5-13)15-12(9-18)10-19-17(21-15)26-3/h8,10,13H,4-7H2,1-3H3,(H,20,25). The first-order chi connectivity index (χ1) is 12.5. The van der Waals surface area contributed by atoms with Crippen LogP contribution in [0.3, 0.4) is 0 Å². The van der Waals surface area contributed by atoms with Crippen LogP contribution in [0, 0.1) is 18.3 Å². The second kappa shape index (κ2) is 7.74. The number of hydrogen-bond donors (Lipinski definition) is 1. The van der Waals surface area contributed by atoms with Crippen molar-refractivity contribution in [2.45, 2.75) is 31.0 Å². The molecule has 1 amide bonds. The third-order valence-electron chi connectivity index (χ3n) is 4.53. The molecule has 0 aliphatic carbocycles. The van der Waals surface area contributed by atoms with Crippen molar-refractivity contribution < 1.29 is 4.79 Å². The number of carbonyl (C=O) groups excluding carboxylic acids is 1. The van der Waals surface area contributed by atoms with Gasteiger partial charge in [0.25, 0.3) is 5.91 Å². The average Bonchev–Trinajstić information content (AvgIpc) is 3.00. The Hall–Kier alpha value is -2.60. The molecule has 3 heterocycles. The van der Waals surface area contributed by atoms with Crippen LogP contribution in [-0.2, 0) is 7.05 Å². The zero-order chi connectivity index (χ0) is 18.7. The lowest BCUT2D eigenvalue weighted by molar-refractivity contribution is 0.0925. The lowest BCUT2D eigenvalue weighted by Crippen LogP contribution is -2.45. The number of carbonyl (C=O) groups is 1. The quantitative estimate of drug-likeness (QED) is 0.642. The van der Waals surface area contributed by atoms with Crippen LogP contribution in [-0.4, -0.2) is 51.0 Å². The number of aromatic nitrogens is 4. The van der Waals surface area contributed by atoms with Crippen molar-refractivity contribution in [3.05, 3.63) is 29.2 Å². The average molecular weight is 371 g/mol. The number of thioether (sulfide) groups is 1. The predicted octanol–water partition coefficient (Wildman–Crippen LogP) is 1.51. The van der Waals surface area contributed by atoms with Gasteiger partial charge in [0.05, 0.1) is 6.20 Å². The van der Waals surface area contributed by atoms with Gasteiger partial charge in [-0.15, -0.1) is 0 Å². The van der Waals surface area contributed by atoms with E-state index in [-0.39, 0.29) is 11.9 Å². The van der Waals surface area contributed by atoms with E-state index < -0.39 is 0 Å². The molecule has 1 aliphatic heterocycles. The van der Waals surface area contributed by atoms with Gasteiger partial charge in [0.15, 0.2) is 11.0 Å². The van der Waals surface area contributed by atoms with Gasteiger partial charge in [-0.2, -0.15) is 10.4 Å². The molecule has 0 atom stereocenters. The molecule has 1 fully saturated rings. The summed E-state index contributed by atoms with van der Waals surface area (Å²) in [7, 11) is 1.82. The molecule has 2 aromatic heterocycles. The Balaban J connectivity index is 1.63. The fourth-order valence-electron chi connectivity index (χ4n) is 2.94. The van der Waals surface area contributed by atoms with E-state index in [9.17, 15) is 10.1 Å². The van der Waals surface area contributed by atoms with E-state index in [1.54, 1.807) is 16.9 Å². The number of nitrogens with one attached hydrogen (secondary N) is 1. The number of rotatable bonds is 4. The zero-order valence-corrected chi connectivity index (χ0v) is 15.9. The van der Waals surface area contributed by atoms with Gasteiger partial charge in [-0.25, -0.2) is 9.97 Å². The van der Waals surface area contributed by atoms with Crippen LogP contribution < -0.4 is 10.2 Å². The molecular weight excluding hydrogens is 350 g/mol. The Morgan fingerprint density at radius 1 is 1.42 bits per heavy atom. The van der Waals surface area contributed by atoms with E-state index in [0.717, 1.165) is 31.6 Å². The van der Waals surface area contributed by atoms with Crippen LogP contribution in [0.5, 0.6) is 0 Å². The van der Waals surface area contributed by atoms with Crippen LogP contribution >= 0.6 is 11.8 Å². The molecule has 1 aliphatic rings. The normalized spacial score (nSPS) is 14.9. The smallest absolute Gasteiger partial charge is 0.272 e. The first-order valence-electron chi connectivity index (χ1n) is 8.39. The Morgan fingerprint density at radius 3 is 2.73 bits per heavy atom. The van der Waals surface area contributed by atoms with Crippen molar-refractivity contribution in [1.82, 2.24) is 25.1 Å². The minimum atomic E-state index is -0.142. The minimum absolute atomic E-state index is 0.0912. The van der Waals surface area contributed by atoms with Gasteiger partial charge in [-0.05, 0) is 32.1 Å². The number of nitrogens with zero attached hydrogens (tertiary/aromatic N) is 6. The highest BCUT2D eigenvalue weighted by Crippen LogP contribution is 2.23. The SMILES string of the molecule is CSc1ncc(C#N)c(N2CCC(NC(=O)c3cc(C)n(C)n3)CC2)n1. The first kappa shape index (κ1) is 18.2. The van der Waals surface area contributed by atoms with Gasteiger partial charge < -0.3 is 10.2 Å². The fraction of sp³-hybridized carbons (Fsp3) is 0.471. The Bertz CT molecular complexity index is 830. The molecule has 8 nitrogen and oxygen atoms in total. The summed E-state index contributed by atoms with van der Waals surface area (Å²) in [6.07, 6.45) is 5.07. The number of aryl methyl sites for hydroxylation is 2. The monoisotopic (exact) mass is 371 g/mol. The molecule has 136 valence electrons. The lowest BCUT2D eigenvalue weighted by atomic mass is 10.0. The molecule has 2 aromatic rings. The van der Waals surface area contributed by atoms with E-state index in [2.05, 4.69) is 31.4 Å². The highest BCUT2D eigenvalue weighted by molar-refractivity contribution is 7.98. The van der Waals surface area contributed by atoms with Gasteiger partial charge in [-0.3, -0.25) is 9.48 Å². The van der Waals surface area contributed by atoms with Crippen molar-refractivity contribution in [1.29, 1.82) is 5.26 Å². The molecule has 0 spiro atoms. The Labute approximate surface area is 156 Å². The number of nitriles is 1. The maximum absolute atomic E-state index is 12.3. The molecule has 9 heteroatoms. The van der Waals surface area contributed by atoms with E-state index in [1.807, 2.05) is 20.2 Å². The summed E-state index contributed by atoms with van der Waals surface area (Å²) in [4.78, 5) is 23.1. The third-order valence-corrected chi connectivity index (χ3v) is 5.09. The van der Waals surface area contributed by atoms with Crippen molar-refractivity contribution in [2.75, 3.05) is 24.2 Å². The Kier molecular flexibility index (Phi) is 5.42. The molecule has 0 unspecified atom stereocenters. The molecule has 3 rings (SSSR count). The van der Waals surface area contributed by atoms with Crippen LogP contribution in [0.25, 0.3) is 0 Å². The fourth-order valence-corrected chi connectivity index (χ4v) is 3.28. The maximum Gasteiger partial charge on any atom is 0.272 e. The number of amides is 1. The summed E-state index contributed by atoms with van der Waals surface area (Å²) in [6, 6.07) is 4.04. The zero-order valence-electron chi connectivity index (χ0n) is 15.1. The maximum atomic E-state index is 12.3. The van der Waals surface area contributed by atoms with Crippen molar-refractivity contribution in [3.63, 3.8) is 0 Å². The number of anilines is 1. The second-order valence-corrected chi connectivity index (χ2v) is 7.01. The summed E-state index contributed by atoms with van der Waals surface area (Å²) in [6.45, 7) is 3.37. The van der Waals surface area contributed by atoms with E-state index >= 15 is 0 Å². The molecule has 0 aromatic carbocycles. The van der Waals surface area contributed by atoms with Crippen LogP contribution in [0.2, 0.25) is 0 Å². The highest BCUT2D eigenvalue weighted by atomic mass is 32.2. The van der Waals surface area contributed by atoms with Gasteiger partial charge >= 0.3 is 0 Å². The highest BCUT2D eigenvalue weighted by Gasteiger charge is 2.24. The summed E-state index contributed by atoms with van der Waals surface area (Å²) >= 11 is 1.45. The van der Waals surface area contributed by atoms with Crippen molar-refractivity contribution in [3.8, 4) is 6.07 Å². The molecule has 0 bridgehead atoms. The van der Waals surface area contributed by atoms with E-state index in [4.69, 9.17) is 0 Å². The van der Waals surface area contributed by atoms with Gasteiger partial charge in [0.1, 0.15) is 17.3 Å². The summed E-state index contributed by atoms with van der Waals surface area (Å²) < 4.78 is 1.69. The molecule has 1 saturated heterocycles. The van der Waals surface area contributed by atoms with Gasteiger partial charge in [0, 0.05) is 31.9 Å². The van der Waals surface area contributed by atoms with Crippen LogP contribution in [0.4, 0.5) is 5.82 Å². The summed E-state index contributed by atoms with van der Waals surface area (Å²) in [5.74, 6) is 0.536. The first-order valence-corrected chi connectivity index (χ1v) is 9.62. The van der Waals surface area contributed by atoms with E-state index in [0.29, 0.717) is 22.2 Å². The van der Waals surface area contributed by atoms with Gasteiger partial charge in [-0.1, -0.05) is 11.8 Å². The molecule has 0 radical (unpaired) electrons. The number of hydrogen-bond acceptors (Lipinski definition) is 7. The predicted molar refractivity (Wildman–Crippen MR) is 99.2 cm³/mol. The largest absolute Gasteiger partial charge is 0.355 e. The van der Waals surface area contributed by atoms with Crippen LogP contribution in [0.15, 0.2) is 17.4 Å². The molecule has 26 heavy (non-hydrogen) atoms. The minimum Gasteiger partial charge on any atom is -0.355 e. The second-order valence-electron chi connectivity index (χ2n) is 6.24. The van der Waals surface area contributed by atoms with E-state index in [1.165, 1.54) is 11.8 Å². The molecule has 0 saturated carbocycles. The van der Waals surface area contributed by atoms with Gasteiger partial charge in [0.2, 0.25) is 0 Å². The molecule has 1 N–H and O–H groups in total. The lowest BCUT2D eigenvalue weighted by Gasteiger charge is -2.33. The summed E-state index contributed by atoms with van der Waals surface area (Å²) in [5, 5.41) is 17.2. The summed E-state index contributed by atoms with van der Waals surface area (Å²) in [5.41, 5.74) is 1.87. The topological polar surface area (TPSA) is 99.7 Å². The van der Waals surface area contributed by atoms with Crippen LogP contribution in [0.1, 0.15) is 34.6 Å². The van der Waals surface area contributed by atoms with Crippen molar-refractivity contribution >= 4 is 23.5 Å². The number of piperidine rings is 1. The Morgan fingerprint density at radius 2 is 2.15 bits per heavy atom.